The molecule has 0 aliphatic rings. The minimum absolute atomic E-state index is 1.05. The van der Waals surface area contributed by atoms with E-state index in [4.69, 9.17) is 4.52 Å². The molecular formula is C15H19OP. The molecule has 0 radical (unpaired) electrons. The summed E-state index contributed by atoms with van der Waals surface area (Å²) < 4.78 is 6.00. The SMILES string of the molecule is CC[PH](OC)(c1ccccc1)c1ccccc1. The van der Waals surface area contributed by atoms with E-state index >= 15 is 0 Å². The summed E-state index contributed by atoms with van der Waals surface area (Å²) in [6.45, 7) is 2.22. The molecule has 2 heteroatoms. The van der Waals surface area contributed by atoms with E-state index in [1.54, 1.807) is 0 Å². The molecule has 0 unspecified atom stereocenters. The van der Waals surface area contributed by atoms with Crippen LogP contribution in [0, 0.1) is 0 Å². The van der Waals surface area contributed by atoms with E-state index < -0.39 is 7.49 Å². The van der Waals surface area contributed by atoms with Gasteiger partial charge in [-0.2, -0.15) is 0 Å². The van der Waals surface area contributed by atoms with Crippen molar-refractivity contribution in [3.8, 4) is 0 Å². The average Bonchev–Trinajstić information content (AvgIpc) is 2.43. The van der Waals surface area contributed by atoms with Crippen LogP contribution in [0.2, 0.25) is 0 Å². The molecule has 17 heavy (non-hydrogen) atoms. The minimum atomic E-state index is -2.00. The molecule has 0 fully saturated rings. The molecule has 0 aliphatic heterocycles. The molecular weight excluding hydrogens is 227 g/mol. The molecule has 0 heterocycles. The van der Waals surface area contributed by atoms with E-state index in [9.17, 15) is 0 Å². The zero-order valence-corrected chi connectivity index (χ0v) is 11.4. The fourth-order valence-electron chi connectivity index (χ4n) is 2.37. The molecule has 0 bridgehead atoms. The monoisotopic (exact) mass is 246 g/mol. The van der Waals surface area contributed by atoms with E-state index in [-0.39, 0.29) is 0 Å². The first-order valence-electron chi connectivity index (χ1n) is 5.99. The normalized spacial score (nSPS) is 12.4. The third-order valence-electron chi connectivity index (χ3n) is 3.33. The second kappa shape index (κ2) is 5.44. The van der Waals surface area contributed by atoms with E-state index in [1.807, 2.05) is 7.11 Å². The molecule has 0 saturated heterocycles. The van der Waals surface area contributed by atoms with Crippen molar-refractivity contribution in [3.63, 3.8) is 0 Å². The van der Waals surface area contributed by atoms with Gasteiger partial charge in [-0.1, -0.05) is 0 Å². The molecule has 2 aromatic rings. The summed E-state index contributed by atoms with van der Waals surface area (Å²) in [5, 5.41) is 2.69. The Labute approximate surface area is 104 Å². The van der Waals surface area contributed by atoms with Crippen molar-refractivity contribution in [2.24, 2.45) is 0 Å². The predicted octanol–water partition coefficient (Wildman–Crippen LogP) is 2.97. The first-order chi connectivity index (χ1) is 8.33. The summed E-state index contributed by atoms with van der Waals surface area (Å²) in [7, 11) is -0.153. The standard InChI is InChI=1S/C15H19OP/c1-3-17(16-2,14-10-6-4-7-11-14)15-12-8-5-9-13-15/h4-13,17H,3H2,1-2H3. The molecule has 0 N–H and O–H groups in total. The van der Waals surface area contributed by atoms with Gasteiger partial charge in [0.05, 0.1) is 0 Å². The van der Waals surface area contributed by atoms with Crippen molar-refractivity contribution in [3.05, 3.63) is 60.7 Å². The molecule has 0 aromatic heterocycles. The van der Waals surface area contributed by atoms with Crippen molar-refractivity contribution in [1.29, 1.82) is 0 Å². The van der Waals surface area contributed by atoms with Gasteiger partial charge < -0.3 is 0 Å². The first-order valence-corrected chi connectivity index (χ1v) is 8.11. The van der Waals surface area contributed by atoms with Gasteiger partial charge >= 0.3 is 103 Å². The van der Waals surface area contributed by atoms with Gasteiger partial charge in [-0.3, -0.25) is 0 Å². The van der Waals surface area contributed by atoms with Crippen molar-refractivity contribution in [2.45, 2.75) is 6.92 Å². The Morgan fingerprint density at radius 2 is 1.24 bits per heavy atom. The van der Waals surface area contributed by atoms with E-state index in [0.717, 1.165) is 6.16 Å². The molecule has 0 atom stereocenters. The van der Waals surface area contributed by atoms with Crippen molar-refractivity contribution in [2.75, 3.05) is 13.3 Å². The first kappa shape index (κ1) is 12.3. The van der Waals surface area contributed by atoms with Crippen LogP contribution >= 0.6 is 7.49 Å². The van der Waals surface area contributed by atoms with E-state index in [0.29, 0.717) is 0 Å². The average molecular weight is 246 g/mol. The fourth-order valence-corrected chi connectivity index (χ4v) is 5.74. The molecule has 2 rings (SSSR count). The van der Waals surface area contributed by atoms with Crippen molar-refractivity contribution in [1.82, 2.24) is 0 Å². The zero-order valence-electron chi connectivity index (χ0n) is 10.4. The van der Waals surface area contributed by atoms with Crippen LogP contribution in [0.4, 0.5) is 0 Å². The molecule has 90 valence electrons. The third-order valence-corrected chi connectivity index (χ3v) is 7.55. The van der Waals surface area contributed by atoms with Gasteiger partial charge in [-0.15, -0.1) is 0 Å². The Morgan fingerprint density at radius 1 is 0.824 bits per heavy atom. The Morgan fingerprint density at radius 3 is 1.53 bits per heavy atom. The van der Waals surface area contributed by atoms with Gasteiger partial charge in [0, 0.05) is 0 Å². The second-order valence-electron chi connectivity index (χ2n) is 4.12. The van der Waals surface area contributed by atoms with Crippen LogP contribution in [-0.2, 0) is 4.52 Å². The van der Waals surface area contributed by atoms with Gasteiger partial charge in [-0.25, -0.2) is 0 Å². The Balaban J connectivity index is 2.54. The van der Waals surface area contributed by atoms with Crippen LogP contribution in [0.1, 0.15) is 6.92 Å². The molecule has 2 aromatic carbocycles. The van der Waals surface area contributed by atoms with E-state index in [1.165, 1.54) is 10.6 Å². The van der Waals surface area contributed by atoms with Gasteiger partial charge in [0.25, 0.3) is 0 Å². The number of hydrogen-bond acceptors (Lipinski definition) is 1. The molecule has 0 spiro atoms. The Kier molecular flexibility index (Phi) is 3.93. The van der Waals surface area contributed by atoms with Crippen LogP contribution in [0.25, 0.3) is 0 Å². The number of benzene rings is 2. The molecule has 0 amide bonds. The summed E-state index contributed by atoms with van der Waals surface area (Å²) in [6, 6.07) is 21.2. The number of rotatable bonds is 4. The molecule has 0 aliphatic carbocycles. The maximum absolute atomic E-state index is 6.00. The Bertz CT molecular complexity index is 407. The topological polar surface area (TPSA) is 9.23 Å². The Hall–Kier alpha value is -1.17. The predicted molar refractivity (Wildman–Crippen MR) is 78.0 cm³/mol. The van der Waals surface area contributed by atoms with Gasteiger partial charge in [0.1, 0.15) is 0 Å². The third kappa shape index (κ3) is 2.26. The summed E-state index contributed by atoms with van der Waals surface area (Å²) in [5.41, 5.74) is 0. The summed E-state index contributed by atoms with van der Waals surface area (Å²) in [4.78, 5) is 0. The van der Waals surface area contributed by atoms with E-state index in [2.05, 4.69) is 67.6 Å². The van der Waals surface area contributed by atoms with Crippen LogP contribution in [0.15, 0.2) is 60.7 Å². The fraction of sp³-hybridized carbons (Fsp3) is 0.200. The summed E-state index contributed by atoms with van der Waals surface area (Å²) in [6.07, 6.45) is 1.05. The quantitative estimate of drug-likeness (QED) is 0.754. The number of hydrogen-bond donors (Lipinski definition) is 0. The van der Waals surface area contributed by atoms with Crippen molar-refractivity contribution < 1.29 is 4.52 Å². The molecule has 1 nitrogen and oxygen atoms in total. The molecule has 0 saturated carbocycles. The zero-order chi connectivity index (χ0) is 12.1. The van der Waals surface area contributed by atoms with Crippen molar-refractivity contribution >= 4 is 18.1 Å². The maximum atomic E-state index is 6.00. The van der Waals surface area contributed by atoms with Gasteiger partial charge in [0.2, 0.25) is 0 Å². The second-order valence-corrected chi connectivity index (χ2v) is 8.04. The van der Waals surface area contributed by atoms with Crippen LogP contribution in [0.3, 0.4) is 0 Å². The van der Waals surface area contributed by atoms with Crippen LogP contribution in [0.5, 0.6) is 0 Å². The van der Waals surface area contributed by atoms with Gasteiger partial charge in [-0.05, 0) is 0 Å². The summed E-state index contributed by atoms with van der Waals surface area (Å²) in [5.74, 6) is 0. The summed E-state index contributed by atoms with van der Waals surface area (Å²) >= 11 is 0. The van der Waals surface area contributed by atoms with Crippen LogP contribution in [-0.4, -0.2) is 13.3 Å². The van der Waals surface area contributed by atoms with Crippen LogP contribution < -0.4 is 10.6 Å². The van der Waals surface area contributed by atoms with Gasteiger partial charge in [0.15, 0.2) is 0 Å².